The van der Waals surface area contributed by atoms with Crippen molar-refractivity contribution in [2.75, 3.05) is 0 Å². The molecule has 0 aliphatic carbocycles. The Hall–Kier alpha value is 0.349. The van der Waals surface area contributed by atoms with Crippen LogP contribution in [0.4, 0.5) is 0 Å². The van der Waals surface area contributed by atoms with Gasteiger partial charge in [-0.05, 0) is 0 Å². The van der Waals surface area contributed by atoms with Crippen LogP contribution in [-0.2, 0) is 27.5 Å². The van der Waals surface area contributed by atoms with Gasteiger partial charge in [0, 0.05) is 10.4 Å². The van der Waals surface area contributed by atoms with Crippen molar-refractivity contribution in [2.24, 2.45) is 0 Å². The zero-order valence-electron chi connectivity index (χ0n) is 2.92. The monoisotopic (exact) mass is 175 g/mol. The first kappa shape index (κ1) is 15.7. The molecule has 2 N–H and O–H groups in total. The molecule has 7 heavy (non-hydrogen) atoms. The van der Waals surface area contributed by atoms with E-state index in [1.807, 2.05) is 0 Å². The molecule has 0 rings (SSSR count). The van der Waals surface area contributed by atoms with Crippen molar-refractivity contribution in [3.05, 3.63) is 6.15 Å². The Morgan fingerprint density at radius 1 is 1.14 bits per heavy atom. The minimum atomic E-state index is -5.17. The Balaban J connectivity index is -0.0000000800. The maximum absolute atomic E-state index is 8.52. The molecule has 0 aliphatic heterocycles. The first-order valence-electron chi connectivity index (χ1n) is 0.667. The van der Waals surface area contributed by atoms with Gasteiger partial charge in [-0.2, -0.15) is 0 Å². The molecule has 0 fully saturated rings. The number of hydrogen-bond acceptors (Lipinski definition) is 4. The first-order valence-corrected chi connectivity index (χ1v) is 2.00. The third-order valence-corrected chi connectivity index (χ3v) is 0. The summed E-state index contributed by atoms with van der Waals surface area (Å²) in [6.07, 6.45) is 0. The topological polar surface area (TPSA) is 114 Å². The van der Waals surface area contributed by atoms with Gasteiger partial charge in [0.25, 0.3) is 0 Å². The Kier molecular flexibility index (Phi) is 10.1. The van der Waals surface area contributed by atoms with Crippen LogP contribution in [0.1, 0.15) is 0 Å². The van der Waals surface area contributed by atoms with E-state index in [0.29, 0.717) is 0 Å². The molecule has 0 aromatic carbocycles. The number of rotatable bonds is 0. The van der Waals surface area contributed by atoms with Gasteiger partial charge in [-0.25, -0.2) is 0 Å². The van der Waals surface area contributed by atoms with E-state index in [9.17, 15) is 0 Å². The molecule has 0 saturated heterocycles. The average Bonchev–Trinajstić information content (AvgIpc) is 0.722. The molecular formula is H2CuNO4S-. The fraction of sp³-hybridized carbons (Fsp3) is 0. The summed E-state index contributed by atoms with van der Waals surface area (Å²) >= 11 is 0. The molecule has 5 nitrogen and oxygen atoms in total. The summed E-state index contributed by atoms with van der Waals surface area (Å²) in [5, 5.41) is 0. The molecular weight excluding hydrogens is 174 g/mol. The van der Waals surface area contributed by atoms with Crippen LogP contribution in [0.5, 0.6) is 0 Å². The number of hydrogen-bond donors (Lipinski definition) is 0. The van der Waals surface area contributed by atoms with Crippen molar-refractivity contribution in [1.82, 2.24) is 0 Å². The quantitative estimate of drug-likeness (QED) is 0.277. The van der Waals surface area contributed by atoms with E-state index in [1.165, 1.54) is 0 Å². The van der Waals surface area contributed by atoms with Crippen molar-refractivity contribution >= 4 is 10.4 Å². The molecule has 0 bridgehead atoms. The van der Waals surface area contributed by atoms with E-state index in [2.05, 4.69) is 0 Å². The summed E-state index contributed by atoms with van der Waals surface area (Å²) in [6, 6.07) is 0. The van der Waals surface area contributed by atoms with Crippen molar-refractivity contribution < 1.29 is 34.6 Å². The predicted octanol–water partition coefficient (Wildman–Crippen LogP) is -0.623. The van der Waals surface area contributed by atoms with Crippen LogP contribution in [0.3, 0.4) is 0 Å². The van der Waals surface area contributed by atoms with Crippen LogP contribution in [0, 0.1) is 0 Å². The van der Waals surface area contributed by atoms with Gasteiger partial charge in [0.05, 0.1) is 0 Å². The standard InChI is InChI=1S/Cu.H2N.H2O4S/c;;1-5(2,3)4/h;1H2;(H2,1,2,3,4)/q+2;-1;/p-2. The summed E-state index contributed by atoms with van der Waals surface area (Å²) in [7, 11) is -5.17. The van der Waals surface area contributed by atoms with Gasteiger partial charge in [-0.3, -0.25) is 8.42 Å². The Bertz CT molecular complexity index is 94.9. The molecule has 0 spiro atoms. The Morgan fingerprint density at radius 2 is 1.14 bits per heavy atom. The predicted molar refractivity (Wildman–Crippen MR) is 15.8 cm³/mol. The van der Waals surface area contributed by atoms with Gasteiger partial charge < -0.3 is 15.3 Å². The molecule has 0 unspecified atom stereocenters. The van der Waals surface area contributed by atoms with Gasteiger partial charge in [0.15, 0.2) is 0 Å². The molecule has 0 amide bonds. The van der Waals surface area contributed by atoms with Crippen molar-refractivity contribution in [2.45, 2.75) is 0 Å². The normalized spacial score (nSPS) is 8.29. The van der Waals surface area contributed by atoms with Gasteiger partial charge in [0.2, 0.25) is 0 Å². The second-order valence-electron chi connectivity index (χ2n) is 0.408. The minimum Gasteiger partial charge on any atom is -0.759 e. The summed E-state index contributed by atoms with van der Waals surface area (Å²) in [6.45, 7) is 0. The van der Waals surface area contributed by atoms with E-state index >= 15 is 0 Å². The van der Waals surface area contributed by atoms with Crippen LogP contribution in [0.2, 0.25) is 0 Å². The third-order valence-electron chi connectivity index (χ3n) is 0. The van der Waals surface area contributed by atoms with Gasteiger partial charge in [-0.1, -0.05) is 0 Å². The average molecular weight is 176 g/mol. The summed E-state index contributed by atoms with van der Waals surface area (Å²) < 4.78 is 34.1. The molecule has 0 atom stereocenters. The van der Waals surface area contributed by atoms with Crippen LogP contribution in [0.15, 0.2) is 0 Å². The van der Waals surface area contributed by atoms with Crippen LogP contribution < -0.4 is 0 Å². The summed E-state index contributed by atoms with van der Waals surface area (Å²) in [4.78, 5) is 0. The van der Waals surface area contributed by atoms with Gasteiger partial charge in [-0.15, -0.1) is 0 Å². The third kappa shape index (κ3) is 983. The van der Waals surface area contributed by atoms with E-state index in [1.54, 1.807) is 0 Å². The molecule has 0 aliphatic rings. The van der Waals surface area contributed by atoms with Crippen molar-refractivity contribution in [3.8, 4) is 0 Å². The molecule has 7 heteroatoms. The molecule has 1 radical (unpaired) electrons. The van der Waals surface area contributed by atoms with E-state index < -0.39 is 10.4 Å². The number of nitrogens with two attached hydrogens (primary N) is 1. The molecule has 0 saturated carbocycles. The Morgan fingerprint density at radius 3 is 1.14 bits per heavy atom. The van der Waals surface area contributed by atoms with Crippen molar-refractivity contribution in [3.63, 3.8) is 0 Å². The second kappa shape index (κ2) is 4.51. The fourth-order valence-corrected chi connectivity index (χ4v) is 0. The maximum atomic E-state index is 8.52. The van der Waals surface area contributed by atoms with Gasteiger partial charge in [0.1, 0.15) is 0 Å². The fourth-order valence-electron chi connectivity index (χ4n) is 0. The Labute approximate surface area is 51.7 Å². The molecule has 0 aromatic rings. The molecule has 0 aromatic heterocycles. The zero-order chi connectivity index (χ0) is 4.50. The van der Waals surface area contributed by atoms with Crippen LogP contribution >= 0.6 is 0 Å². The SMILES string of the molecule is O=S(=O)([O-])[O-].[Cu+2].[NH2-]. The summed E-state index contributed by atoms with van der Waals surface area (Å²) in [5.41, 5.74) is 0. The van der Waals surface area contributed by atoms with E-state index in [4.69, 9.17) is 17.5 Å². The molecule has 0 heterocycles. The molecule has 49 valence electrons. The van der Waals surface area contributed by atoms with E-state index in [-0.39, 0.29) is 23.2 Å². The zero-order valence-corrected chi connectivity index (χ0v) is 4.68. The van der Waals surface area contributed by atoms with Crippen LogP contribution in [-0.4, -0.2) is 17.5 Å². The minimum absolute atomic E-state index is 0. The first-order chi connectivity index (χ1) is 2.00. The smallest absolute Gasteiger partial charge is 0.759 e. The summed E-state index contributed by atoms with van der Waals surface area (Å²) in [5.74, 6) is 0. The second-order valence-corrected chi connectivity index (χ2v) is 1.22. The van der Waals surface area contributed by atoms with E-state index in [0.717, 1.165) is 0 Å². The largest absolute Gasteiger partial charge is 2.00 e. The van der Waals surface area contributed by atoms with Crippen LogP contribution in [0.25, 0.3) is 6.15 Å². The van der Waals surface area contributed by atoms with Gasteiger partial charge >= 0.3 is 17.1 Å². The maximum Gasteiger partial charge on any atom is 2.00 e. The van der Waals surface area contributed by atoms with Crippen molar-refractivity contribution in [1.29, 1.82) is 0 Å².